The Hall–Kier alpha value is -3.61. The molecular weight excluding hydrogens is 324 g/mol. The molecular formula is C18H14N2O5. The van der Waals surface area contributed by atoms with Crippen LogP contribution in [0.4, 0.5) is 10.5 Å². The van der Waals surface area contributed by atoms with Crippen molar-refractivity contribution < 1.29 is 24.2 Å². The number of amides is 4. The normalized spacial score (nSPS) is 16.1. The van der Waals surface area contributed by atoms with Gasteiger partial charge in [-0.05, 0) is 35.9 Å². The Morgan fingerprint density at radius 1 is 1.08 bits per heavy atom. The molecule has 4 amide bonds. The molecule has 126 valence electrons. The van der Waals surface area contributed by atoms with Crippen LogP contribution in [0, 0.1) is 0 Å². The number of aromatic hydroxyl groups is 1. The van der Waals surface area contributed by atoms with Gasteiger partial charge in [0.2, 0.25) is 0 Å². The van der Waals surface area contributed by atoms with Gasteiger partial charge in [-0.2, -0.15) is 0 Å². The van der Waals surface area contributed by atoms with Crippen molar-refractivity contribution in [3.05, 3.63) is 59.7 Å². The zero-order valence-electron chi connectivity index (χ0n) is 13.2. The minimum Gasteiger partial charge on any atom is -0.508 e. The molecule has 1 aliphatic heterocycles. The molecule has 7 heteroatoms. The van der Waals surface area contributed by atoms with E-state index >= 15 is 0 Å². The Labute approximate surface area is 143 Å². The number of urea groups is 1. The number of barbiturate groups is 1. The van der Waals surface area contributed by atoms with Gasteiger partial charge in [0.1, 0.15) is 17.1 Å². The van der Waals surface area contributed by atoms with Crippen molar-refractivity contribution in [2.24, 2.45) is 0 Å². The van der Waals surface area contributed by atoms with Gasteiger partial charge in [0.25, 0.3) is 11.8 Å². The van der Waals surface area contributed by atoms with Crippen LogP contribution < -0.4 is 15.0 Å². The smallest absolute Gasteiger partial charge is 0.335 e. The summed E-state index contributed by atoms with van der Waals surface area (Å²) in [5, 5.41) is 11.5. The van der Waals surface area contributed by atoms with Gasteiger partial charge < -0.3 is 9.84 Å². The summed E-state index contributed by atoms with van der Waals surface area (Å²) in [6.45, 7) is 0. The van der Waals surface area contributed by atoms with Crippen LogP contribution in [0.3, 0.4) is 0 Å². The molecule has 2 aromatic rings. The van der Waals surface area contributed by atoms with Crippen LogP contribution in [-0.4, -0.2) is 30.1 Å². The van der Waals surface area contributed by atoms with E-state index in [1.54, 1.807) is 30.3 Å². The third-order valence-corrected chi connectivity index (χ3v) is 3.62. The average Bonchev–Trinajstić information content (AvgIpc) is 2.60. The lowest BCUT2D eigenvalue weighted by atomic mass is 10.1. The van der Waals surface area contributed by atoms with Gasteiger partial charge in [-0.25, -0.2) is 9.69 Å². The van der Waals surface area contributed by atoms with Crippen LogP contribution in [0.2, 0.25) is 0 Å². The van der Waals surface area contributed by atoms with Crippen LogP contribution in [0.25, 0.3) is 6.08 Å². The van der Waals surface area contributed by atoms with E-state index in [0.29, 0.717) is 11.3 Å². The molecule has 3 rings (SSSR count). The highest BCUT2D eigenvalue weighted by atomic mass is 16.5. The number of phenols is 1. The summed E-state index contributed by atoms with van der Waals surface area (Å²) in [5.74, 6) is -0.980. The minimum atomic E-state index is -0.828. The van der Waals surface area contributed by atoms with E-state index < -0.39 is 17.8 Å². The zero-order chi connectivity index (χ0) is 18.0. The summed E-state index contributed by atoms with van der Waals surface area (Å²) in [4.78, 5) is 37.8. The fraction of sp³-hybridized carbons (Fsp3) is 0.0556. The van der Waals surface area contributed by atoms with Crippen LogP contribution in [0.5, 0.6) is 11.5 Å². The first-order valence-electron chi connectivity index (χ1n) is 7.34. The highest BCUT2D eigenvalue weighted by molar-refractivity contribution is 6.39. The summed E-state index contributed by atoms with van der Waals surface area (Å²) in [6, 6.07) is 11.5. The van der Waals surface area contributed by atoms with E-state index in [1.165, 1.54) is 31.4 Å². The Kier molecular flexibility index (Phi) is 4.21. The van der Waals surface area contributed by atoms with Crippen molar-refractivity contribution in [1.29, 1.82) is 0 Å². The van der Waals surface area contributed by atoms with Crippen molar-refractivity contribution in [3.63, 3.8) is 0 Å². The number of nitrogens with one attached hydrogen (secondary N) is 1. The number of carbonyl (C=O) groups excluding carboxylic acids is 3. The molecule has 0 aromatic heterocycles. The molecule has 1 heterocycles. The molecule has 1 aliphatic rings. The van der Waals surface area contributed by atoms with Crippen molar-refractivity contribution >= 4 is 29.6 Å². The van der Waals surface area contributed by atoms with Gasteiger partial charge in [0.15, 0.2) is 0 Å². The zero-order valence-corrected chi connectivity index (χ0v) is 13.2. The van der Waals surface area contributed by atoms with Crippen LogP contribution >= 0.6 is 0 Å². The number of hydrogen-bond acceptors (Lipinski definition) is 5. The maximum absolute atomic E-state index is 12.7. The number of nitrogens with zero attached hydrogens (tertiary/aromatic N) is 1. The van der Waals surface area contributed by atoms with E-state index in [9.17, 15) is 19.5 Å². The lowest BCUT2D eigenvalue weighted by molar-refractivity contribution is -0.122. The number of rotatable bonds is 3. The fourth-order valence-electron chi connectivity index (χ4n) is 2.38. The highest BCUT2D eigenvalue weighted by Gasteiger charge is 2.36. The topological polar surface area (TPSA) is 95.9 Å². The number of imide groups is 2. The van der Waals surface area contributed by atoms with Crippen LogP contribution in [-0.2, 0) is 9.59 Å². The molecule has 7 nitrogen and oxygen atoms in total. The first kappa shape index (κ1) is 16.3. The molecule has 1 fully saturated rings. The van der Waals surface area contributed by atoms with E-state index in [2.05, 4.69) is 5.32 Å². The molecule has 0 unspecified atom stereocenters. The number of phenolic OH excluding ortho intramolecular Hbond substituents is 1. The monoisotopic (exact) mass is 338 g/mol. The SMILES string of the molecule is COc1cccc(N2C(=O)NC(=O)/C(=C\c3ccc(O)cc3)C2=O)c1. The maximum atomic E-state index is 12.7. The van der Waals surface area contributed by atoms with Gasteiger partial charge in [-0.15, -0.1) is 0 Å². The molecule has 0 spiro atoms. The van der Waals surface area contributed by atoms with Crippen molar-refractivity contribution in [3.8, 4) is 11.5 Å². The van der Waals surface area contributed by atoms with Crippen molar-refractivity contribution in [2.75, 3.05) is 12.0 Å². The second-order valence-corrected chi connectivity index (χ2v) is 5.25. The predicted octanol–water partition coefficient (Wildman–Crippen LogP) is 2.07. The Morgan fingerprint density at radius 2 is 1.80 bits per heavy atom. The number of anilines is 1. The molecule has 2 N–H and O–H groups in total. The van der Waals surface area contributed by atoms with Crippen molar-refractivity contribution in [1.82, 2.24) is 5.32 Å². The quantitative estimate of drug-likeness (QED) is 0.660. The van der Waals surface area contributed by atoms with Crippen molar-refractivity contribution in [2.45, 2.75) is 0 Å². The van der Waals surface area contributed by atoms with Gasteiger partial charge in [-0.1, -0.05) is 18.2 Å². The second-order valence-electron chi connectivity index (χ2n) is 5.25. The third-order valence-electron chi connectivity index (χ3n) is 3.62. The van der Waals surface area contributed by atoms with Gasteiger partial charge in [-0.3, -0.25) is 14.9 Å². The average molecular weight is 338 g/mol. The first-order chi connectivity index (χ1) is 12.0. The van der Waals surface area contributed by atoms with E-state index in [0.717, 1.165) is 4.90 Å². The standard InChI is InChI=1S/C18H14N2O5/c1-25-14-4-2-3-12(10-14)20-17(23)15(16(22)19-18(20)24)9-11-5-7-13(21)8-6-11/h2-10,21H,1H3,(H,19,22,24)/b15-9+. The molecule has 0 bridgehead atoms. The minimum absolute atomic E-state index is 0.0646. The summed E-state index contributed by atoms with van der Waals surface area (Å²) in [5.41, 5.74) is 0.635. The number of ether oxygens (including phenoxy) is 1. The highest BCUT2D eigenvalue weighted by Crippen LogP contribution is 2.25. The second kappa shape index (κ2) is 6.48. The first-order valence-corrected chi connectivity index (χ1v) is 7.34. The molecule has 0 aliphatic carbocycles. The lowest BCUT2D eigenvalue weighted by Crippen LogP contribution is -2.54. The largest absolute Gasteiger partial charge is 0.508 e. The Balaban J connectivity index is 2.00. The number of hydrogen-bond donors (Lipinski definition) is 2. The number of benzene rings is 2. The molecule has 1 saturated heterocycles. The predicted molar refractivity (Wildman–Crippen MR) is 90.1 cm³/mol. The van der Waals surface area contributed by atoms with Gasteiger partial charge >= 0.3 is 6.03 Å². The van der Waals surface area contributed by atoms with Gasteiger partial charge in [0, 0.05) is 6.07 Å². The van der Waals surface area contributed by atoms with E-state index in [-0.39, 0.29) is 17.0 Å². The summed E-state index contributed by atoms with van der Waals surface area (Å²) < 4.78 is 5.10. The summed E-state index contributed by atoms with van der Waals surface area (Å²) in [7, 11) is 1.47. The Morgan fingerprint density at radius 3 is 2.48 bits per heavy atom. The molecule has 0 radical (unpaired) electrons. The third kappa shape index (κ3) is 3.20. The van der Waals surface area contributed by atoms with Gasteiger partial charge in [0.05, 0.1) is 12.8 Å². The Bertz CT molecular complexity index is 887. The molecule has 25 heavy (non-hydrogen) atoms. The molecule has 0 atom stereocenters. The van der Waals surface area contributed by atoms with Crippen LogP contribution in [0.1, 0.15) is 5.56 Å². The lowest BCUT2D eigenvalue weighted by Gasteiger charge is -2.26. The summed E-state index contributed by atoms with van der Waals surface area (Å²) in [6.07, 6.45) is 1.36. The van der Waals surface area contributed by atoms with Crippen LogP contribution in [0.15, 0.2) is 54.1 Å². The number of methoxy groups -OCH3 is 1. The molecule has 2 aromatic carbocycles. The molecule has 0 saturated carbocycles. The fourth-order valence-corrected chi connectivity index (χ4v) is 2.38. The maximum Gasteiger partial charge on any atom is 0.335 e. The summed E-state index contributed by atoms with van der Waals surface area (Å²) >= 11 is 0. The van der Waals surface area contributed by atoms with E-state index in [1.807, 2.05) is 0 Å². The van der Waals surface area contributed by atoms with E-state index in [4.69, 9.17) is 4.74 Å². The number of carbonyl (C=O) groups is 3.